The fraction of sp³-hybridized carbons (Fsp3) is 0.385. The summed E-state index contributed by atoms with van der Waals surface area (Å²) in [7, 11) is 0. The van der Waals surface area contributed by atoms with Crippen molar-refractivity contribution in [2.75, 3.05) is 6.61 Å². The Morgan fingerprint density at radius 3 is 2.67 bits per heavy atom. The molecule has 0 bridgehead atoms. The van der Waals surface area contributed by atoms with Crippen molar-refractivity contribution in [3.63, 3.8) is 0 Å². The average molecular weight is 267 g/mol. The third-order valence-electron chi connectivity index (χ3n) is 1.57. The highest BCUT2D eigenvalue weighted by molar-refractivity contribution is 9.10. The van der Waals surface area contributed by atoms with Gasteiger partial charge in [-0.2, -0.15) is 0 Å². The van der Waals surface area contributed by atoms with Crippen LogP contribution in [0.4, 0.5) is 0 Å². The highest BCUT2D eigenvalue weighted by Gasteiger charge is 2.02. The summed E-state index contributed by atoms with van der Waals surface area (Å²) < 4.78 is 6.50. The van der Waals surface area contributed by atoms with Gasteiger partial charge in [0.25, 0.3) is 0 Å². The first-order valence-electron chi connectivity index (χ1n) is 4.86. The summed E-state index contributed by atoms with van der Waals surface area (Å²) in [5.74, 6) is 6.97. The molecule has 0 aliphatic rings. The normalized spacial score (nSPS) is 10.4. The fourth-order valence-electron chi connectivity index (χ4n) is 0.977. The first-order chi connectivity index (χ1) is 6.97. The number of hydrogen-bond acceptors (Lipinski definition) is 1. The molecular formula is C13H15BrO. The third-order valence-corrected chi connectivity index (χ3v) is 2.06. The van der Waals surface area contributed by atoms with Crippen molar-refractivity contribution in [2.24, 2.45) is 5.41 Å². The SMILES string of the molecule is CC(C)(C)C#CCOc1cccc(Br)c1. The van der Waals surface area contributed by atoms with Gasteiger partial charge in [0.05, 0.1) is 0 Å². The van der Waals surface area contributed by atoms with E-state index in [2.05, 4.69) is 48.5 Å². The minimum Gasteiger partial charge on any atom is -0.481 e. The van der Waals surface area contributed by atoms with Crippen LogP contribution in [0.5, 0.6) is 5.75 Å². The van der Waals surface area contributed by atoms with Crippen LogP contribution >= 0.6 is 15.9 Å². The van der Waals surface area contributed by atoms with Gasteiger partial charge < -0.3 is 4.74 Å². The lowest BCUT2D eigenvalue weighted by molar-refractivity contribution is 0.369. The van der Waals surface area contributed by atoms with E-state index in [1.54, 1.807) is 0 Å². The Morgan fingerprint density at radius 2 is 2.07 bits per heavy atom. The van der Waals surface area contributed by atoms with E-state index in [0.717, 1.165) is 10.2 Å². The van der Waals surface area contributed by atoms with E-state index in [4.69, 9.17) is 4.74 Å². The quantitative estimate of drug-likeness (QED) is 0.739. The maximum atomic E-state index is 5.48. The van der Waals surface area contributed by atoms with Crippen molar-refractivity contribution < 1.29 is 4.74 Å². The van der Waals surface area contributed by atoms with E-state index in [0.29, 0.717) is 6.61 Å². The van der Waals surface area contributed by atoms with Gasteiger partial charge in [-0.15, -0.1) is 0 Å². The Kier molecular flexibility index (Phi) is 4.23. The summed E-state index contributed by atoms with van der Waals surface area (Å²) >= 11 is 3.39. The van der Waals surface area contributed by atoms with Gasteiger partial charge in [-0.1, -0.05) is 33.8 Å². The molecule has 0 aliphatic carbocycles. The van der Waals surface area contributed by atoms with Gasteiger partial charge in [-0.3, -0.25) is 0 Å². The molecule has 2 heteroatoms. The monoisotopic (exact) mass is 266 g/mol. The maximum absolute atomic E-state index is 5.48. The zero-order valence-electron chi connectivity index (χ0n) is 9.30. The standard InChI is InChI=1S/C13H15BrO/c1-13(2,3)8-5-9-15-12-7-4-6-11(14)10-12/h4,6-7,10H,9H2,1-3H3. The second kappa shape index (κ2) is 5.23. The van der Waals surface area contributed by atoms with Crippen LogP contribution in [-0.2, 0) is 0 Å². The minimum atomic E-state index is 0.0423. The molecule has 1 aromatic rings. The van der Waals surface area contributed by atoms with E-state index in [1.165, 1.54) is 0 Å². The molecule has 0 radical (unpaired) electrons. The van der Waals surface area contributed by atoms with Gasteiger partial charge in [0.2, 0.25) is 0 Å². The van der Waals surface area contributed by atoms with E-state index in [9.17, 15) is 0 Å². The van der Waals surface area contributed by atoms with Gasteiger partial charge in [-0.05, 0) is 39.0 Å². The fourth-order valence-corrected chi connectivity index (χ4v) is 1.36. The molecule has 1 rings (SSSR count). The van der Waals surface area contributed by atoms with E-state index in [-0.39, 0.29) is 5.41 Å². The van der Waals surface area contributed by atoms with Crippen LogP contribution in [0.25, 0.3) is 0 Å². The molecule has 0 aromatic heterocycles. The second-order valence-electron chi connectivity index (χ2n) is 4.30. The van der Waals surface area contributed by atoms with Crippen LogP contribution in [0.1, 0.15) is 20.8 Å². The van der Waals surface area contributed by atoms with Gasteiger partial charge >= 0.3 is 0 Å². The number of benzene rings is 1. The van der Waals surface area contributed by atoms with Crippen molar-refractivity contribution in [1.82, 2.24) is 0 Å². The molecule has 0 N–H and O–H groups in total. The molecule has 0 amide bonds. The van der Waals surface area contributed by atoms with E-state index < -0.39 is 0 Å². The van der Waals surface area contributed by atoms with Crippen molar-refractivity contribution in [3.05, 3.63) is 28.7 Å². The molecule has 1 nitrogen and oxygen atoms in total. The number of halogens is 1. The zero-order chi connectivity index (χ0) is 11.3. The number of rotatable bonds is 2. The molecule has 0 atom stereocenters. The molecule has 1 aromatic carbocycles. The summed E-state index contributed by atoms with van der Waals surface area (Å²) in [6, 6.07) is 7.76. The van der Waals surface area contributed by atoms with Gasteiger partial charge in [0, 0.05) is 9.89 Å². The van der Waals surface area contributed by atoms with Crippen LogP contribution in [0.2, 0.25) is 0 Å². The Balaban J connectivity index is 2.47. The van der Waals surface area contributed by atoms with E-state index in [1.807, 2.05) is 24.3 Å². The largest absolute Gasteiger partial charge is 0.481 e. The Labute approximate surface area is 100.0 Å². The number of hydrogen-bond donors (Lipinski definition) is 0. The Bertz CT molecular complexity index is 380. The lowest BCUT2D eigenvalue weighted by Gasteiger charge is -2.07. The lowest BCUT2D eigenvalue weighted by atomic mass is 9.98. The molecule has 0 spiro atoms. The molecule has 0 aliphatic heterocycles. The number of ether oxygens (including phenoxy) is 1. The summed E-state index contributed by atoms with van der Waals surface area (Å²) in [5, 5.41) is 0. The van der Waals surface area contributed by atoms with Crippen LogP contribution in [-0.4, -0.2) is 6.61 Å². The van der Waals surface area contributed by atoms with Gasteiger partial charge in [-0.25, -0.2) is 0 Å². The van der Waals surface area contributed by atoms with Crippen LogP contribution in [0, 0.1) is 17.3 Å². The van der Waals surface area contributed by atoms with Gasteiger partial charge in [0.15, 0.2) is 0 Å². The summed E-state index contributed by atoms with van der Waals surface area (Å²) in [6.45, 7) is 6.69. The summed E-state index contributed by atoms with van der Waals surface area (Å²) in [6.07, 6.45) is 0. The van der Waals surface area contributed by atoms with E-state index >= 15 is 0 Å². The van der Waals surface area contributed by atoms with Crippen LogP contribution in [0.3, 0.4) is 0 Å². The summed E-state index contributed by atoms with van der Waals surface area (Å²) in [4.78, 5) is 0. The molecule has 0 unspecified atom stereocenters. The van der Waals surface area contributed by atoms with Crippen molar-refractivity contribution in [2.45, 2.75) is 20.8 Å². The molecule has 0 heterocycles. The van der Waals surface area contributed by atoms with Crippen LogP contribution < -0.4 is 4.74 Å². The smallest absolute Gasteiger partial charge is 0.149 e. The predicted octanol–water partition coefficient (Wildman–Crippen LogP) is 3.88. The van der Waals surface area contributed by atoms with Crippen LogP contribution in [0.15, 0.2) is 28.7 Å². The predicted molar refractivity (Wildman–Crippen MR) is 66.9 cm³/mol. The first kappa shape index (κ1) is 12.1. The highest BCUT2D eigenvalue weighted by Crippen LogP contribution is 2.17. The maximum Gasteiger partial charge on any atom is 0.149 e. The molecule has 0 fully saturated rings. The third kappa shape index (κ3) is 5.49. The highest BCUT2D eigenvalue weighted by atomic mass is 79.9. The minimum absolute atomic E-state index is 0.0423. The second-order valence-corrected chi connectivity index (χ2v) is 5.21. The molecular weight excluding hydrogens is 252 g/mol. The summed E-state index contributed by atoms with van der Waals surface area (Å²) in [5.41, 5.74) is 0.0423. The topological polar surface area (TPSA) is 9.23 Å². The van der Waals surface area contributed by atoms with Crippen molar-refractivity contribution in [1.29, 1.82) is 0 Å². The van der Waals surface area contributed by atoms with Crippen molar-refractivity contribution in [3.8, 4) is 17.6 Å². The molecule has 0 saturated carbocycles. The average Bonchev–Trinajstić information content (AvgIpc) is 2.11. The molecule has 0 saturated heterocycles. The van der Waals surface area contributed by atoms with Crippen molar-refractivity contribution >= 4 is 15.9 Å². The molecule has 15 heavy (non-hydrogen) atoms. The Hall–Kier alpha value is -0.940. The van der Waals surface area contributed by atoms with Gasteiger partial charge in [0.1, 0.15) is 12.4 Å². The lowest BCUT2D eigenvalue weighted by Crippen LogP contribution is -2.01. The zero-order valence-corrected chi connectivity index (χ0v) is 10.9. The Morgan fingerprint density at radius 1 is 1.33 bits per heavy atom. The first-order valence-corrected chi connectivity index (χ1v) is 5.65. The molecule has 80 valence electrons.